The Bertz CT molecular complexity index is 412. The lowest BCUT2D eigenvalue weighted by Gasteiger charge is -2.27. The minimum absolute atomic E-state index is 0.0948. The average Bonchev–Trinajstić information content (AvgIpc) is 2.82. The highest BCUT2D eigenvalue weighted by Gasteiger charge is 2.41. The van der Waals surface area contributed by atoms with E-state index in [-0.39, 0.29) is 17.6 Å². The van der Waals surface area contributed by atoms with Crippen LogP contribution < -0.4 is 5.73 Å². The van der Waals surface area contributed by atoms with Gasteiger partial charge in [-0.1, -0.05) is 37.3 Å². The summed E-state index contributed by atoms with van der Waals surface area (Å²) in [4.78, 5) is 10.3. The van der Waals surface area contributed by atoms with Crippen LogP contribution in [0, 0.1) is 0 Å². The molecule has 1 aromatic carbocycles. The molecule has 1 heterocycles. The first kappa shape index (κ1) is 13.2. The van der Waals surface area contributed by atoms with Gasteiger partial charge >= 0.3 is 6.09 Å². The monoisotopic (exact) mass is 267 g/mol. The molecule has 1 aromatic rings. The molecule has 98 valence electrons. The summed E-state index contributed by atoms with van der Waals surface area (Å²) in [5.74, 6) is 0.802. The Morgan fingerprint density at radius 1 is 1.56 bits per heavy atom. The molecule has 0 unspecified atom stereocenters. The number of thioether (sulfide) groups is 1. The fourth-order valence-corrected chi connectivity index (χ4v) is 3.39. The fraction of sp³-hybridized carbons (Fsp3) is 0.462. The van der Waals surface area contributed by atoms with E-state index in [1.54, 1.807) is 11.8 Å². The zero-order valence-electron chi connectivity index (χ0n) is 10.3. The van der Waals surface area contributed by atoms with Crippen LogP contribution in [0.5, 0.6) is 0 Å². The maximum Gasteiger partial charge on any atom is 0.404 e. The zero-order chi connectivity index (χ0) is 13.0. The third-order valence-electron chi connectivity index (χ3n) is 2.95. The molecular weight excluding hydrogens is 250 g/mol. The number of carbonyl (C=O) groups is 1. The normalized spacial score (nSPS) is 27.1. The van der Waals surface area contributed by atoms with E-state index < -0.39 is 6.09 Å². The standard InChI is InChI=1S/C13H17NO3S/c1-2-13(10-6-4-3-5-7-10)17-11(9-18-13)8-16-12(14)15/h3-7,11H,2,8-9H2,1H3,(H2,14,15)/t11-,13-/m0/s1. The molecule has 1 amide bonds. The van der Waals surface area contributed by atoms with E-state index in [0.29, 0.717) is 0 Å². The number of nitrogens with two attached hydrogens (primary N) is 1. The first-order valence-corrected chi connectivity index (χ1v) is 6.94. The Hall–Kier alpha value is -1.20. The second-order valence-corrected chi connectivity index (χ2v) is 5.43. The molecule has 1 aliphatic rings. The van der Waals surface area contributed by atoms with Gasteiger partial charge in [0.15, 0.2) is 0 Å². The Morgan fingerprint density at radius 2 is 2.28 bits per heavy atom. The number of primary amides is 1. The summed E-state index contributed by atoms with van der Waals surface area (Å²) in [5.41, 5.74) is 6.11. The second kappa shape index (κ2) is 5.63. The smallest absolute Gasteiger partial charge is 0.404 e. The number of rotatable bonds is 4. The molecule has 0 bridgehead atoms. The van der Waals surface area contributed by atoms with Crippen molar-refractivity contribution >= 4 is 17.9 Å². The van der Waals surface area contributed by atoms with E-state index in [0.717, 1.165) is 17.7 Å². The van der Waals surface area contributed by atoms with Crippen molar-refractivity contribution in [3.63, 3.8) is 0 Å². The molecule has 0 spiro atoms. The minimum atomic E-state index is -0.752. The summed E-state index contributed by atoms with van der Waals surface area (Å²) < 4.78 is 10.9. The van der Waals surface area contributed by atoms with Crippen LogP contribution in [0.3, 0.4) is 0 Å². The molecule has 0 saturated carbocycles. The van der Waals surface area contributed by atoms with Gasteiger partial charge in [0.2, 0.25) is 0 Å². The molecule has 2 atom stereocenters. The van der Waals surface area contributed by atoms with Crippen molar-refractivity contribution in [1.29, 1.82) is 0 Å². The number of hydrogen-bond acceptors (Lipinski definition) is 4. The first-order valence-electron chi connectivity index (χ1n) is 5.96. The number of carbonyl (C=O) groups excluding carboxylic acids is 1. The Kier molecular flexibility index (Phi) is 4.14. The summed E-state index contributed by atoms with van der Waals surface area (Å²) in [6.45, 7) is 2.31. The van der Waals surface area contributed by atoms with Crippen LogP contribution in [0.15, 0.2) is 30.3 Å². The van der Waals surface area contributed by atoms with Crippen molar-refractivity contribution in [2.45, 2.75) is 24.4 Å². The topological polar surface area (TPSA) is 61.6 Å². The number of hydrogen-bond donors (Lipinski definition) is 1. The predicted molar refractivity (Wildman–Crippen MR) is 71.3 cm³/mol. The third-order valence-corrected chi connectivity index (χ3v) is 4.58. The highest BCUT2D eigenvalue weighted by molar-refractivity contribution is 8.00. The van der Waals surface area contributed by atoms with Gasteiger partial charge in [-0.05, 0) is 12.0 Å². The van der Waals surface area contributed by atoms with Gasteiger partial charge in [0, 0.05) is 5.75 Å². The summed E-state index contributed by atoms with van der Waals surface area (Å²) in [7, 11) is 0. The molecule has 0 aliphatic carbocycles. The van der Waals surface area contributed by atoms with Crippen molar-refractivity contribution in [2.24, 2.45) is 5.73 Å². The molecule has 18 heavy (non-hydrogen) atoms. The van der Waals surface area contributed by atoms with Gasteiger partial charge in [0.05, 0.1) is 0 Å². The lowest BCUT2D eigenvalue weighted by molar-refractivity contribution is -0.0386. The largest absolute Gasteiger partial charge is 0.447 e. The summed E-state index contributed by atoms with van der Waals surface area (Å²) in [6.07, 6.45) is 0.0225. The van der Waals surface area contributed by atoms with Gasteiger partial charge in [0.25, 0.3) is 0 Å². The summed E-state index contributed by atoms with van der Waals surface area (Å²) in [6, 6.07) is 10.1. The van der Waals surface area contributed by atoms with Crippen LogP contribution >= 0.6 is 11.8 Å². The lowest BCUT2D eigenvalue weighted by Crippen LogP contribution is -2.28. The van der Waals surface area contributed by atoms with Crippen molar-refractivity contribution < 1.29 is 14.3 Å². The lowest BCUT2D eigenvalue weighted by atomic mass is 10.1. The molecule has 1 aliphatic heterocycles. The van der Waals surface area contributed by atoms with E-state index >= 15 is 0 Å². The van der Waals surface area contributed by atoms with Crippen LogP contribution in [0.25, 0.3) is 0 Å². The number of amides is 1. The van der Waals surface area contributed by atoms with Crippen molar-refractivity contribution in [3.8, 4) is 0 Å². The predicted octanol–water partition coefficient (Wildman–Crippen LogP) is 2.48. The average molecular weight is 267 g/mol. The quantitative estimate of drug-likeness (QED) is 0.910. The van der Waals surface area contributed by atoms with E-state index in [1.165, 1.54) is 0 Å². The molecule has 0 aromatic heterocycles. The number of benzene rings is 1. The van der Waals surface area contributed by atoms with E-state index in [2.05, 4.69) is 19.1 Å². The minimum Gasteiger partial charge on any atom is -0.447 e. The molecule has 2 rings (SSSR count). The molecule has 1 saturated heterocycles. The summed E-state index contributed by atoms with van der Waals surface area (Å²) in [5, 5.41) is 0. The SMILES string of the molecule is CC[C@]1(c2ccccc2)O[C@@H](COC(N)=O)CS1. The van der Waals surface area contributed by atoms with Crippen molar-refractivity contribution in [2.75, 3.05) is 12.4 Å². The molecule has 5 heteroatoms. The van der Waals surface area contributed by atoms with Gasteiger partial charge < -0.3 is 15.2 Å². The first-order chi connectivity index (χ1) is 8.66. The highest BCUT2D eigenvalue weighted by atomic mass is 32.2. The molecule has 1 fully saturated rings. The van der Waals surface area contributed by atoms with Crippen LogP contribution in [0.2, 0.25) is 0 Å². The van der Waals surface area contributed by atoms with E-state index in [1.807, 2.05) is 18.2 Å². The van der Waals surface area contributed by atoms with Crippen LogP contribution in [0.1, 0.15) is 18.9 Å². The van der Waals surface area contributed by atoms with Crippen molar-refractivity contribution in [3.05, 3.63) is 35.9 Å². The van der Waals surface area contributed by atoms with Gasteiger partial charge in [-0.3, -0.25) is 0 Å². The Morgan fingerprint density at radius 3 is 2.89 bits per heavy atom. The Balaban J connectivity index is 2.05. The number of ether oxygens (including phenoxy) is 2. The highest BCUT2D eigenvalue weighted by Crippen LogP contribution is 2.47. The van der Waals surface area contributed by atoms with Gasteiger partial charge in [-0.15, -0.1) is 11.8 Å². The van der Waals surface area contributed by atoms with Gasteiger partial charge in [0.1, 0.15) is 17.6 Å². The molecule has 0 radical (unpaired) electrons. The van der Waals surface area contributed by atoms with E-state index in [4.69, 9.17) is 15.2 Å². The maximum absolute atomic E-state index is 10.6. The summed E-state index contributed by atoms with van der Waals surface area (Å²) >= 11 is 1.75. The molecule has 2 N–H and O–H groups in total. The van der Waals surface area contributed by atoms with Gasteiger partial charge in [-0.25, -0.2) is 4.79 Å². The van der Waals surface area contributed by atoms with E-state index in [9.17, 15) is 4.79 Å². The maximum atomic E-state index is 10.6. The van der Waals surface area contributed by atoms with Crippen LogP contribution in [-0.4, -0.2) is 24.6 Å². The second-order valence-electron chi connectivity index (χ2n) is 4.15. The molecular formula is C13H17NO3S. The zero-order valence-corrected chi connectivity index (χ0v) is 11.1. The van der Waals surface area contributed by atoms with Gasteiger partial charge in [-0.2, -0.15) is 0 Å². The third kappa shape index (κ3) is 2.79. The molecule has 4 nitrogen and oxygen atoms in total. The van der Waals surface area contributed by atoms with Crippen molar-refractivity contribution in [1.82, 2.24) is 0 Å². The fourth-order valence-electron chi connectivity index (χ4n) is 2.06. The van der Waals surface area contributed by atoms with Crippen LogP contribution in [0.4, 0.5) is 4.79 Å². The Labute approximate surface area is 111 Å². The van der Waals surface area contributed by atoms with Crippen LogP contribution in [-0.2, 0) is 14.4 Å².